The van der Waals surface area contributed by atoms with Gasteiger partial charge in [0.15, 0.2) is 16.3 Å². The number of benzene rings is 4. The normalized spacial score (nSPS) is 14.5. The second-order valence-electron chi connectivity index (χ2n) is 10.5. The molecule has 0 spiro atoms. The van der Waals surface area contributed by atoms with Gasteiger partial charge >= 0.3 is 5.97 Å². The Balaban J connectivity index is 1.47. The summed E-state index contributed by atoms with van der Waals surface area (Å²) in [6.45, 7) is 4.03. The highest BCUT2D eigenvalue weighted by Gasteiger charge is 2.36. The Kier molecular flexibility index (Phi) is 8.96. The Morgan fingerprint density at radius 3 is 2.46 bits per heavy atom. The van der Waals surface area contributed by atoms with Crippen LogP contribution in [0.3, 0.4) is 0 Å². The third-order valence-corrected chi connectivity index (χ3v) is 8.97. The van der Waals surface area contributed by atoms with Crippen LogP contribution in [0.4, 0.5) is 0 Å². The van der Waals surface area contributed by atoms with Crippen LogP contribution >= 0.6 is 22.9 Å². The Morgan fingerprint density at radius 1 is 0.978 bits per heavy atom. The van der Waals surface area contributed by atoms with Crippen molar-refractivity contribution in [2.45, 2.75) is 26.5 Å². The maximum absolute atomic E-state index is 14.3. The van der Waals surface area contributed by atoms with E-state index in [1.165, 1.54) is 11.3 Å². The molecule has 46 heavy (non-hydrogen) atoms. The van der Waals surface area contributed by atoms with Crippen LogP contribution in [-0.4, -0.2) is 31.4 Å². The van der Waals surface area contributed by atoms with Gasteiger partial charge < -0.3 is 18.9 Å². The molecule has 2 heterocycles. The highest BCUT2D eigenvalue weighted by Crippen LogP contribution is 2.40. The molecule has 1 aliphatic heterocycles. The summed E-state index contributed by atoms with van der Waals surface area (Å²) in [6, 6.07) is 23.7. The van der Waals surface area contributed by atoms with Crippen LogP contribution in [0.15, 0.2) is 99.9 Å². The van der Waals surface area contributed by atoms with Crippen molar-refractivity contribution in [3.63, 3.8) is 0 Å². The summed E-state index contributed by atoms with van der Waals surface area (Å²) in [5.41, 5.74) is 2.87. The molecule has 6 rings (SSSR count). The third-order valence-electron chi connectivity index (χ3n) is 7.73. The predicted octanol–water partition coefficient (Wildman–Crippen LogP) is 6.20. The van der Waals surface area contributed by atoms with Crippen LogP contribution < -0.4 is 29.1 Å². The van der Waals surface area contributed by atoms with Crippen LogP contribution in [0.5, 0.6) is 17.2 Å². The van der Waals surface area contributed by atoms with Gasteiger partial charge in [0.25, 0.3) is 5.56 Å². The van der Waals surface area contributed by atoms with E-state index >= 15 is 0 Å². The summed E-state index contributed by atoms with van der Waals surface area (Å²) in [4.78, 5) is 32.9. The molecule has 0 unspecified atom stereocenters. The summed E-state index contributed by atoms with van der Waals surface area (Å²) >= 11 is 7.25. The molecule has 234 valence electrons. The average Bonchev–Trinajstić information content (AvgIpc) is 3.37. The van der Waals surface area contributed by atoms with E-state index in [-0.39, 0.29) is 12.2 Å². The highest BCUT2D eigenvalue weighted by molar-refractivity contribution is 7.07. The van der Waals surface area contributed by atoms with Crippen LogP contribution in [-0.2, 0) is 16.1 Å². The first-order valence-electron chi connectivity index (χ1n) is 14.6. The molecule has 0 fully saturated rings. The second kappa shape index (κ2) is 13.2. The van der Waals surface area contributed by atoms with Gasteiger partial charge in [0.2, 0.25) is 0 Å². The number of halogens is 1. The first kappa shape index (κ1) is 31.1. The highest BCUT2D eigenvalue weighted by atomic mass is 35.5. The second-order valence-corrected chi connectivity index (χ2v) is 12.0. The molecule has 1 atom stereocenters. The number of ether oxygens (including phenoxy) is 4. The van der Waals surface area contributed by atoms with Crippen LogP contribution in [0.2, 0.25) is 5.02 Å². The number of rotatable bonds is 9. The number of esters is 1. The maximum Gasteiger partial charge on any atom is 0.338 e. The van der Waals surface area contributed by atoms with E-state index in [0.717, 1.165) is 21.9 Å². The zero-order valence-electron chi connectivity index (χ0n) is 25.7. The number of hydrogen-bond acceptors (Lipinski definition) is 8. The number of carbonyl (C=O) groups excluding carboxylic acids is 1. The molecule has 10 heteroatoms. The minimum atomic E-state index is -0.823. The molecule has 4 aromatic carbocycles. The molecule has 0 aliphatic carbocycles. The Hall–Kier alpha value is -4.86. The number of carbonyl (C=O) groups is 1. The number of aromatic nitrogens is 1. The van der Waals surface area contributed by atoms with Crippen molar-refractivity contribution in [2.24, 2.45) is 4.99 Å². The van der Waals surface area contributed by atoms with Gasteiger partial charge in [0.05, 0.1) is 36.6 Å². The molecule has 0 saturated heterocycles. The fraction of sp³-hybridized carbons (Fsp3) is 0.194. The minimum Gasteiger partial charge on any atom is -0.496 e. The van der Waals surface area contributed by atoms with Gasteiger partial charge in [-0.25, -0.2) is 9.79 Å². The van der Waals surface area contributed by atoms with E-state index < -0.39 is 12.0 Å². The number of allylic oxidation sites excluding steroid dienone is 1. The number of nitrogens with zero attached hydrogens (tertiary/aromatic N) is 2. The average molecular weight is 655 g/mol. The molecule has 5 aromatic rings. The van der Waals surface area contributed by atoms with Crippen molar-refractivity contribution in [1.29, 1.82) is 0 Å². The Labute approximate surface area is 274 Å². The molecule has 1 aromatic heterocycles. The minimum absolute atomic E-state index is 0.181. The molecule has 0 N–H and O–H groups in total. The zero-order valence-corrected chi connectivity index (χ0v) is 27.3. The van der Waals surface area contributed by atoms with Crippen LogP contribution in [0.1, 0.15) is 36.6 Å². The summed E-state index contributed by atoms with van der Waals surface area (Å²) < 4.78 is 25.0. The first-order valence-corrected chi connectivity index (χ1v) is 15.8. The molecule has 0 saturated carbocycles. The summed E-state index contributed by atoms with van der Waals surface area (Å²) in [5, 5.41) is 2.46. The van der Waals surface area contributed by atoms with Crippen molar-refractivity contribution in [2.75, 3.05) is 20.8 Å². The summed E-state index contributed by atoms with van der Waals surface area (Å²) in [5.74, 6) is 1.11. The first-order chi connectivity index (χ1) is 22.3. The van der Waals surface area contributed by atoms with Crippen molar-refractivity contribution in [1.82, 2.24) is 4.57 Å². The monoisotopic (exact) mass is 654 g/mol. The molecule has 0 radical (unpaired) electrons. The lowest BCUT2D eigenvalue weighted by Crippen LogP contribution is -2.40. The molecule has 0 bridgehead atoms. The van der Waals surface area contributed by atoms with Crippen molar-refractivity contribution in [3.8, 4) is 17.2 Å². The van der Waals surface area contributed by atoms with Crippen LogP contribution in [0, 0.1) is 0 Å². The van der Waals surface area contributed by atoms with Gasteiger partial charge in [-0.05, 0) is 72.2 Å². The lowest BCUT2D eigenvalue weighted by atomic mass is 9.90. The fourth-order valence-electron chi connectivity index (χ4n) is 5.59. The molecule has 0 amide bonds. The van der Waals surface area contributed by atoms with Crippen molar-refractivity contribution < 1.29 is 23.7 Å². The third kappa shape index (κ3) is 5.91. The van der Waals surface area contributed by atoms with E-state index in [1.807, 2.05) is 78.9 Å². The van der Waals surface area contributed by atoms with Gasteiger partial charge in [-0.2, -0.15) is 0 Å². The Bertz CT molecular complexity index is 2170. The fourth-order valence-corrected chi connectivity index (χ4v) is 6.76. The summed E-state index contributed by atoms with van der Waals surface area (Å²) in [7, 11) is 3.15. The van der Waals surface area contributed by atoms with E-state index in [0.29, 0.717) is 55.0 Å². The largest absolute Gasteiger partial charge is 0.496 e. The number of fused-ring (bicyclic) bond motifs is 2. The SMILES string of the molecule is CCOC(=O)C1=C(C)N=c2s/c(=C/c3ccc(OCc4ccc(Cl)cc4)c(OC)c3)c(=O)n2[C@H]1c1c(OC)ccc2ccccc12. The molecular weight excluding hydrogens is 624 g/mol. The number of thiazole rings is 1. The van der Waals surface area contributed by atoms with Gasteiger partial charge in [-0.15, -0.1) is 0 Å². The summed E-state index contributed by atoms with van der Waals surface area (Å²) in [6.07, 6.45) is 1.79. The van der Waals surface area contributed by atoms with Crippen molar-refractivity contribution in [3.05, 3.63) is 132 Å². The van der Waals surface area contributed by atoms with Gasteiger partial charge in [-0.3, -0.25) is 9.36 Å². The topological polar surface area (TPSA) is 88.4 Å². The number of hydrogen-bond donors (Lipinski definition) is 0. The maximum atomic E-state index is 14.3. The predicted molar refractivity (Wildman–Crippen MR) is 180 cm³/mol. The standard InChI is InChI=1S/C36H31ClN2O6S/c1-5-44-35(41)31-21(2)38-36-39(33(31)32-26-9-7-6-8-24(26)13-17-28(32)42-3)34(40)30(46-36)19-23-12-16-27(29(18-23)43-4)45-20-22-10-14-25(37)15-11-22/h6-19,33H,5,20H2,1-4H3/b30-19+/t33-/m1/s1. The lowest BCUT2D eigenvalue weighted by Gasteiger charge is -2.27. The molecule has 8 nitrogen and oxygen atoms in total. The van der Waals surface area contributed by atoms with Gasteiger partial charge in [0.1, 0.15) is 18.4 Å². The van der Waals surface area contributed by atoms with Gasteiger partial charge in [-0.1, -0.05) is 71.5 Å². The quantitative estimate of drug-likeness (QED) is 0.176. The molecule has 1 aliphatic rings. The van der Waals surface area contributed by atoms with Crippen molar-refractivity contribution >= 4 is 45.8 Å². The smallest absolute Gasteiger partial charge is 0.338 e. The van der Waals surface area contributed by atoms with E-state index in [1.54, 1.807) is 38.7 Å². The van der Waals surface area contributed by atoms with E-state index in [4.69, 9.17) is 35.5 Å². The molecular formula is C36H31ClN2O6S. The van der Waals surface area contributed by atoms with E-state index in [2.05, 4.69) is 0 Å². The zero-order chi connectivity index (χ0) is 32.4. The lowest BCUT2D eigenvalue weighted by molar-refractivity contribution is -0.139. The number of methoxy groups -OCH3 is 2. The Morgan fingerprint density at radius 2 is 1.72 bits per heavy atom. The van der Waals surface area contributed by atoms with Crippen LogP contribution in [0.25, 0.3) is 16.8 Å². The van der Waals surface area contributed by atoms with E-state index in [9.17, 15) is 9.59 Å². The van der Waals surface area contributed by atoms with Gasteiger partial charge in [0, 0.05) is 10.6 Å².